The van der Waals surface area contributed by atoms with Crippen molar-refractivity contribution >= 4 is 11.4 Å². The Morgan fingerprint density at radius 3 is 2.41 bits per heavy atom. The number of aromatic nitrogens is 1. The largest absolute Gasteiger partial charge is 0.418 e. The van der Waals surface area contributed by atoms with Crippen molar-refractivity contribution in [3.8, 4) is 0 Å². The molecular formula is C16H18F3N3. The molecule has 0 atom stereocenters. The van der Waals surface area contributed by atoms with Gasteiger partial charge in [-0.25, -0.2) is 0 Å². The molecule has 0 bridgehead atoms. The monoisotopic (exact) mass is 309 g/mol. The van der Waals surface area contributed by atoms with E-state index in [2.05, 4.69) is 10.3 Å². The van der Waals surface area contributed by atoms with E-state index >= 15 is 0 Å². The first kappa shape index (κ1) is 16.3. The number of rotatable bonds is 4. The van der Waals surface area contributed by atoms with E-state index in [0.29, 0.717) is 16.9 Å². The Morgan fingerprint density at radius 2 is 1.91 bits per heavy atom. The number of hydrogen-bond acceptors (Lipinski definition) is 3. The molecule has 0 spiro atoms. The van der Waals surface area contributed by atoms with Crippen LogP contribution in [0, 0.1) is 0 Å². The zero-order valence-corrected chi connectivity index (χ0v) is 12.4. The maximum absolute atomic E-state index is 13.2. The zero-order valence-electron chi connectivity index (χ0n) is 12.4. The summed E-state index contributed by atoms with van der Waals surface area (Å²) < 4.78 is 39.7. The van der Waals surface area contributed by atoms with Crippen molar-refractivity contribution in [3.05, 3.63) is 53.3 Å². The van der Waals surface area contributed by atoms with Gasteiger partial charge in [0.15, 0.2) is 0 Å². The second-order valence-electron chi connectivity index (χ2n) is 5.32. The van der Waals surface area contributed by atoms with Gasteiger partial charge in [-0.1, -0.05) is 19.9 Å². The lowest BCUT2D eigenvalue weighted by molar-refractivity contribution is -0.137. The van der Waals surface area contributed by atoms with Crippen molar-refractivity contribution in [1.29, 1.82) is 0 Å². The molecular weight excluding hydrogens is 291 g/mol. The quantitative estimate of drug-likeness (QED) is 0.878. The third kappa shape index (κ3) is 3.76. The lowest BCUT2D eigenvalue weighted by Crippen LogP contribution is -2.10. The molecule has 3 nitrogen and oxygen atoms in total. The van der Waals surface area contributed by atoms with Gasteiger partial charge in [0.2, 0.25) is 0 Å². The molecule has 22 heavy (non-hydrogen) atoms. The minimum atomic E-state index is -4.42. The van der Waals surface area contributed by atoms with Crippen LogP contribution >= 0.6 is 0 Å². The maximum Gasteiger partial charge on any atom is 0.418 e. The number of pyridine rings is 1. The zero-order chi connectivity index (χ0) is 16.3. The summed E-state index contributed by atoms with van der Waals surface area (Å²) in [5, 5.41) is 2.77. The first-order valence-electron chi connectivity index (χ1n) is 6.94. The van der Waals surface area contributed by atoms with Gasteiger partial charge in [-0.15, -0.1) is 0 Å². The summed E-state index contributed by atoms with van der Waals surface area (Å²) in [7, 11) is 0. The van der Waals surface area contributed by atoms with Crippen LogP contribution in [0.25, 0.3) is 0 Å². The van der Waals surface area contributed by atoms with Gasteiger partial charge in [-0.05, 0) is 35.7 Å². The highest BCUT2D eigenvalue weighted by atomic mass is 19.4. The third-order valence-electron chi connectivity index (χ3n) is 3.33. The molecule has 6 heteroatoms. The molecule has 1 heterocycles. The van der Waals surface area contributed by atoms with Gasteiger partial charge in [-0.2, -0.15) is 13.2 Å². The van der Waals surface area contributed by atoms with Crippen molar-refractivity contribution in [3.63, 3.8) is 0 Å². The molecule has 0 aliphatic rings. The highest BCUT2D eigenvalue weighted by Crippen LogP contribution is 2.37. The highest BCUT2D eigenvalue weighted by molar-refractivity contribution is 5.64. The van der Waals surface area contributed by atoms with E-state index in [9.17, 15) is 13.2 Å². The fourth-order valence-electron chi connectivity index (χ4n) is 2.04. The second-order valence-corrected chi connectivity index (χ2v) is 5.32. The van der Waals surface area contributed by atoms with E-state index < -0.39 is 11.7 Å². The lowest BCUT2D eigenvalue weighted by Gasteiger charge is -2.17. The van der Waals surface area contributed by atoms with Gasteiger partial charge >= 0.3 is 6.18 Å². The van der Waals surface area contributed by atoms with E-state index in [4.69, 9.17) is 5.73 Å². The molecule has 2 aromatic rings. The lowest BCUT2D eigenvalue weighted by atomic mass is 9.99. The van der Waals surface area contributed by atoms with Crippen LogP contribution in [0.4, 0.5) is 24.5 Å². The number of nitrogens with zero attached hydrogens (tertiary/aromatic N) is 1. The summed E-state index contributed by atoms with van der Waals surface area (Å²) in [5.74, 6) is 0.0284. The number of hydrogen-bond donors (Lipinski definition) is 2. The van der Waals surface area contributed by atoms with Crippen LogP contribution in [0.5, 0.6) is 0 Å². The minimum absolute atomic E-state index is 0.0131. The highest BCUT2D eigenvalue weighted by Gasteiger charge is 2.34. The third-order valence-corrected chi connectivity index (χ3v) is 3.33. The topological polar surface area (TPSA) is 50.9 Å². The fourth-order valence-corrected chi connectivity index (χ4v) is 2.04. The second kappa shape index (κ2) is 6.36. The number of alkyl halides is 3. The first-order chi connectivity index (χ1) is 10.3. The predicted octanol–water partition coefficient (Wildman–Crippen LogP) is 4.43. The van der Waals surface area contributed by atoms with E-state index in [1.807, 2.05) is 13.8 Å². The van der Waals surface area contributed by atoms with Crippen LogP contribution in [0.1, 0.15) is 36.6 Å². The Balaban J connectivity index is 2.36. The Hall–Kier alpha value is -2.08. The molecule has 0 unspecified atom stereocenters. The minimum Gasteiger partial charge on any atom is -0.354 e. The van der Waals surface area contributed by atoms with Crippen molar-refractivity contribution in [1.82, 2.24) is 4.98 Å². The molecule has 1 aromatic heterocycles. The van der Waals surface area contributed by atoms with Gasteiger partial charge in [0.25, 0.3) is 0 Å². The molecule has 0 aliphatic heterocycles. The van der Waals surface area contributed by atoms with Gasteiger partial charge < -0.3 is 11.1 Å². The molecule has 0 saturated heterocycles. The Kier molecular flexibility index (Phi) is 4.71. The summed E-state index contributed by atoms with van der Waals surface area (Å²) in [6.07, 6.45) is -2.95. The van der Waals surface area contributed by atoms with Crippen LogP contribution in [0.3, 0.4) is 0 Å². The molecule has 118 valence electrons. The van der Waals surface area contributed by atoms with E-state index in [0.717, 1.165) is 0 Å². The van der Waals surface area contributed by atoms with Gasteiger partial charge in [0.05, 0.1) is 28.8 Å². The van der Waals surface area contributed by atoms with E-state index in [-0.39, 0.29) is 18.2 Å². The molecule has 0 amide bonds. The molecule has 0 saturated carbocycles. The summed E-state index contributed by atoms with van der Waals surface area (Å²) >= 11 is 0. The molecule has 0 aliphatic carbocycles. The number of anilines is 2. The average molecular weight is 309 g/mol. The summed E-state index contributed by atoms with van der Waals surface area (Å²) in [5.41, 5.74) is 6.59. The molecule has 2 rings (SSSR count). The molecule has 3 N–H and O–H groups in total. The Bertz CT molecular complexity index is 634. The SMILES string of the molecule is CC(C)c1ccc(Nc2ccc(CN)nc2)c(C(F)(F)F)c1. The summed E-state index contributed by atoms with van der Waals surface area (Å²) in [4.78, 5) is 4.06. The Labute approximate surface area is 127 Å². The average Bonchev–Trinajstić information content (AvgIpc) is 2.47. The van der Waals surface area contributed by atoms with Crippen LogP contribution < -0.4 is 11.1 Å². The summed E-state index contributed by atoms with van der Waals surface area (Å²) in [6, 6.07) is 7.68. The molecule has 0 radical (unpaired) electrons. The van der Waals surface area contributed by atoms with Crippen molar-refractivity contribution < 1.29 is 13.2 Å². The number of halogens is 3. The molecule has 1 aromatic carbocycles. The number of benzene rings is 1. The van der Waals surface area contributed by atoms with Gasteiger partial charge in [0, 0.05) is 6.54 Å². The summed E-state index contributed by atoms with van der Waals surface area (Å²) in [6.45, 7) is 4.01. The number of nitrogens with one attached hydrogen (secondary N) is 1. The van der Waals surface area contributed by atoms with Crippen LogP contribution in [-0.4, -0.2) is 4.98 Å². The van der Waals surface area contributed by atoms with Gasteiger partial charge in [-0.3, -0.25) is 4.98 Å². The van der Waals surface area contributed by atoms with Crippen LogP contribution in [-0.2, 0) is 12.7 Å². The van der Waals surface area contributed by atoms with Crippen molar-refractivity contribution in [2.75, 3.05) is 5.32 Å². The first-order valence-corrected chi connectivity index (χ1v) is 6.94. The standard InChI is InChI=1S/C16H18F3N3/c1-10(2)11-3-6-15(14(7-11)16(17,18)19)22-13-5-4-12(8-20)21-9-13/h3-7,9-10,22H,8,20H2,1-2H3. The van der Waals surface area contributed by atoms with E-state index in [1.54, 1.807) is 18.2 Å². The fraction of sp³-hybridized carbons (Fsp3) is 0.312. The van der Waals surface area contributed by atoms with Crippen LogP contribution in [0.2, 0.25) is 0 Å². The van der Waals surface area contributed by atoms with Crippen molar-refractivity contribution in [2.45, 2.75) is 32.5 Å². The van der Waals surface area contributed by atoms with Gasteiger partial charge in [0.1, 0.15) is 0 Å². The number of nitrogens with two attached hydrogens (primary N) is 1. The maximum atomic E-state index is 13.2. The predicted molar refractivity (Wildman–Crippen MR) is 80.9 cm³/mol. The molecule has 0 fully saturated rings. The smallest absolute Gasteiger partial charge is 0.354 e. The van der Waals surface area contributed by atoms with Crippen LogP contribution in [0.15, 0.2) is 36.5 Å². The normalized spacial score (nSPS) is 11.8. The Morgan fingerprint density at radius 1 is 1.18 bits per heavy atom. The van der Waals surface area contributed by atoms with E-state index in [1.165, 1.54) is 18.3 Å². The van der Waals surface area contributed by atoms with Crippen molar-refractivity contribution in [2.24, 2.45) is 5.73 Å².